The van der Waals surface area contributed by atoms with Crippen LogP contribution in [-0.4, -0.2) is 34.0 Å². The van der Waals surface area contributed by atoms with E-state index in [2.05, 4.69) is 29.8 Å². The van der Waals surface area contributed by atoms with Crippen molar-refractivity contribution in [3.8, 4) is 0 Å². The molecule has 8 heteroatoms. The maximum atomic E-state index is 12.6. The largest absolute Gasteiger partial charge is 0.361 e. The Hall–Kier alpha value is -1.70. The minimum atomic E-state index is -1.16. The van der Waals surface area contributed by atoms with E-state index in [-0.39, 0.29) is 12.4 Å². The molecular formula is C17H23ClN4O2Si. The molecule has 2 aromatic heterocycles. The van der Waals surface area contributed by atoms with Crippen molar-refractivity contribution in [3.63, 3.8) is 0 Å². The first-order valence-electron chi connectivity index (χ1n) is 8.28. The van der Waals surface area contributed by atoms with Crippen LogP contribution in [-0.2, 0) is 18.5 Å². The summed E-state index contributed by atoms with van der Waals surface area (Å²) in [4.78, 5) is 12.6. The summed E-state index contributed by atoms with van der Waals surface area (Å²) in [5.41, 5.74) is 2.31. The van der Waals surface area contributed by atoms with Gasteiger partial charge in [0.25, 0.3) is 0 Å². The number of hydrogen-bond donors (Lipinski definition) is 0. The number of imidazole rings is 1. The minimum absolute atomic E-state index is 0.104. The van der Waals surface area contributed by atoms with Gasteiger partial charge in [-0.2, -0.15) is 5.10 Å². The molecule has 0 saturated carbocycles. The van der Waals surface area contributed by atoms with E-state index in [0.717, 1.165) is 33.5 Å². The van der Waals surface area contributed by atoms with Gasteiger partial charge in [0, 0.05) is 32.5 Å². The standard InChI is InChI=1S/C17H23ClN4O2Si/c1-11-12-8-14-15(9-13(12)16(18)20-19-11)22(17(23)21(14)2)10-24-6-7-25(3,4)5/h8-9H,6-7,10H2,1-5H3. The molecule has 25 heavy (non-hydrogen) atoms. The van der Waals surface area contributed by atoms with Crippen molar-refractivity contribution >= 4 is 41.5 Å². The highest BCUT2D eigenvalue weighted by Gasteiger charge is 2.16. The van der Waals surface area contributed by atoms with E-state index in [1.165, 1.54) is 0 Å². The van der Waals surface area contributed by atoms with Crippen molar-refractivity contribution in [2.24, 2.45) is 7.05 Å². The van der Waals surface area contributed by atoms with Gasteiger partial charge in [0.15, 0.2) is 5.15 Å². The van der Waals surface area contributed by atoms with Gasteiger partial charge in [-0.25, -0.2) is 4.79 Å². The molecule has 0 fully saturated rings. The lowest BCUT2D eigenvalue weighted by Gasteiger charge is -2.15. The maximum absolute atomic E-state index is 12.6. The molecule has 0 aliphatic heterocycles. The first-order chi connectivity index (χ1) is 11.7. The monoisotopic (exact) mass is 378 g/mol. The van der Waals surface area contributed by atoms with Crippen LogP contribution < -0.4 is 5.69 Å². The number of benzene rings is 1. The molecule has 0 atom stereocenters. The van der Waals surface area contributed by atoms with Crippen molar-refractivity contribution in [3.05, 3.63) is 33.5 Å². The molecule has 0 aliphatic rings. The van der Waals surface area contributed by atoms with E-state index in [9.17, 15) is 4.79 Å². The predicted octanol–water partition coefficient (Wildman–Crippen LogP) is 3.56. The van der Waals surface area contributed by atoms with Gasteiger partial charge in [-0.15, -0.1) is 5.10 Å². The molecule has 0 saturated heterocycles. The second-order valence-corrected chi connectivity index (χ2v) is 13.6. The van der Waals surface area contributed by atoms with Crippen LogP contribution in [0, 0.1) is 6.92 Å². The fourth-order valence-corrected chi connectivity index (χ4v) is 3.76. The molecule has 0 N–H and O–H groups in total. The van der Waals surface area contributed by atoms with E-state index >= 15 is 0 Å². The van der Waals surface area contributed by atoms with Crippen LogP contribution >= 0.6 is 11.6 Å². The van der Waals surface area contributed by atoms with Crippen molar-refractivity contribution in [1.82, 2.24) is 19.3 Å². The SMILES string of the molecule is Cc1nnc(Cl)c2cc3c(cc12)n(C)c(=O)n3COCC[Si](C)(C)C. The molecule has 1 aromatic carbocycles. The quantitative estimate of drug-likeness (QED) is 0.503. The first kappa shape index (κ1) is 18.1. The minimum Gasteiger partial charge on any atom is -0.361 e. The van der Waals surface area contributed by atoms with Crippen LogP contribution in [0.3, 0.4) is 0 Å². The highest BCUT2D eigenvalue weighted by atomic mass is 35.5. The smallest absolute Gasteiger partial charge is 0.330 e. The number of ether oxygens (including phenoxy) is 1. The Labute approximate surface area is 152 Å². The number of fused-ring (bicyclic) bond motifs is 2. The Morgan fingerprint density at radius 2 is 1.84 bits per heavy atom. The summed E-state index contributed by atoms with van der Waals surface area (Å²) in [5.74, 6) is 0. The van der Waals surface area contributed by atoms with Crippen molar-refractivity contribution in [1.29, 1.82) is 0 Å². The molecule has 6 nitrogen and oxygen atoms in total. The van der Waals surface area contributed by atoms with Gasteiger partial charge >= 0.3 is 5.69 Å². The second kappa shape index (κ2) is 6.55. The van der Waals surface area contributed by atoms with Crippen molar-refractivity contribution in [2.75, 3.05) is 6.61 Å². The van der Waals surface area contributed by atoms with E-state index in [1.54, 1.807) is 16.2 Å². The van der Waals surface area contributed by atoms with Crippen LogP contribution in [0.25, 0.3) is 21.8 Å². The van der Waals surface area contributed by atoms with Crippen molar-refractivity contribution in [2.45, 2.75) is 39.3 Å². The predicted molar refractivity (Wildman–Crippen MR) is 104 cm³/mol. The van der Waals surface area contributed by atoms with Gasteiger partial charge in [-0.3, -0.25) is 9.13 Å². The van der Waals surface area contributed by atoms with Gasteiger partial charge in [0.05, 0.1) is 16.7 Å². The fraction of sp³-hybridized carbons (Fsp3) is 0.471. The summed E-state index contributed by atoms with van der Waals surface area (Å²) >= 11 is 6.21. The van der Waals surface area contributed by atoms with E-state index in [1.807, 2.05) is 19.1 Å². The molecule has 0 bridgehead atoms. The Morgan fingerprint density at radius 1 is 1.16 bits per heavy atom. The van der Waals surface area contributed by atoms with Crippen LogP contribution in [0.4, 0.5) is 0 Å². The van der Waals surface area contributed by atoms with Crippen molar-refractivity contribution < 1.29 is 4.74 Å². The van der Waals surface area contributed by atoms with Crippen LogP contribution in [0.1, 0.15) is 5.69 Å². The molecule has 0 radical (unpaired) electrons. The number of hydrogen-bond acceptors (Lipinski definition) is 4. The van der Waals surface area contributed by atoms with Gasteiger partial charge in [0.2, 0.25) is 0 Å². The third kappa shape index (κ3) is 3.49. The van der Waals surface area contributed by atoms with E-state index < -0.39 is 8.07 Å². The molecule has 3 aromatic rings. The van der Waals surface area contributed by atoms with Crippen LogP contribution in [0.2, 0.25) is 30.8 Å². The molecular weight excluding hydrogens is 356 g/mol. The highest BCUT2D eigenvalue weighted by molar-refractivity contribution is 6.76. The Bertz CT molecular complexity index is 1000. The zero-order valence-corrected chi connectivity index (χ0v) is 17.0. The zero-order chi connectivity index (χ0) is 18.4. The number of halogens is 1. The molecule has 2 heterocycles. The third-order valence-electron chi connectivity index (χ3n) is 4.40. The Morgan fingerprint density at radius 3 is 2.52 bits per heavy atom. The van der Waals surface area contributed by atoms with Crippen LogP contribution in [0.15, 0.2) is 16.9 Å². The first-order valence-corrected chi connectivity index (χ1v) is 12.4. The fourth-order valence-electron chi connectivity index (χ4n) is 2.80. The van der Waals surface area contributed by atoms with Gasteiger partial charge in [-0.1, -0.05) is 31.2 Å². The number of aromatic nitrogens is 4. The van der Waals surface area contributed by atoms with Gasteiger partial charge in [-0.05, 0) is 25.1 Å². The molecule has 0 amide bonds. The third-order valence-corrected chi connectivity index (χ3v) is 6.38. The summed E-state index contributed by atoms with van der Waals surface area (Å²) < 4.78 is 9.06. The lowest BCUT2D eigenvalue weighted by atomic mass is 10.1. The van der Waals surface area contributed by atoms with Gasteiger partial charge in [0.1, 0.15) is 6.73 Å². The maximum Gasteiger partial charge on any atom is 0.330 e. The van der Waals surface area contributed by atoms with Crippen LogP contribution in [0.5, 0.6) is 0 Å². The van der Waals surface area contributed by atoms with Gasteiger partial charge < -0.3 is 4.74 Å². The molecule has 3 rings (SSSR count). The number of aryl methyl sites for hydroxylation is 2. The summed E-state index contributed by atoms with van der Waals surface area (Å²) in [7, 11) is 0.607. The van der Waals surface area contributed by atoms with E-state index in [0.29, 0.717) is 11.8 Å². The van der Waals surface area contributed by atoms with E-state index in [4.69, 9.17) is 16.3 Å². The summed E-state index contributed by atoms with van der Waals surface area (Å²) in [6.45, 7) is 9.69. The average Bonchev–Trinajstić information content (AvgIpc) is 2.77. The zero-order valence-electron chi connectivity index (χ0n) is 15.3. The Kier molecular flexibility index (Phi) is 4.74. The topological polar surface area (TPSA) is 61.9 Å². The lowest BCUT2D eigenvalue weighted by molar-refractivity contribution is 0.0873. The Balaban J connectivity index is 2.04. The lowest BCUT2D eigenvalue weighted by Crippen LogP contribution is -2.25. The summed E-state index contributed by atoms with van der Waals surface area (Å²) in [6.07, 6.45) is 0. The molecule has 0 aliphatic carbocycles. The summed E-state index contributed by atoms with van der Waals surface area (Å²) in [6, 6.07) is 4.91. The average molecular weight is 379 g/mol. The number of nitrogens with zero attached hydrogens (tertiary/aromatic N) is 4. The number of rotatable bonds is 5. The second-order valence-electron chi connectivity index (χ2n) is 7.58. The molecule has 0 unspecified atom stereocenters. The molecule has 0 spiro atoms. The molecule has 134 valence electrons. The highest BCUT2D eigenvalue weighted by Crippen LogP contribution is 2.27. The normalized spacial score (nSPS) is 12.4. The summed E-state index contributed by atoms with van der Waals surface area (Å²) in [5, 5.41) is 10.1.